The van der Waals surface area contributed by atoms with E-state index in [-0.39, 0.29) is 31.4 Å². The van der Waals surface area contributed by atoms with Crippen molar-refractivity contribution in [3.05, 3.63) is 59.7 Å². The van der Waals surface area contributed by atoms with Crippen LogP contribution in [-0.4, -0.2) is 42.3 Å². The van der Waals surface area contributed by atoms with E-state index in [2.05, 4.69) is 34.9 Å². The third-order valence-corrected chi connectivity index (χ3v) is 6.63. The minimum Gasteiger partial charge on any atom is -0.481 e. The third-order valence-electron chi connectivity index (χ3n) is 6.63. The molecule has 0 heterocycles. The molecule has 1 atom stereocenters. The van der Waals surface area contributed by atoms with E-state index in [1.165, 1.54) is 0 Å². The minimum absolute atomic E-state index is 0.0333. The van der Waals surface area contributed by atoms with Crippen LogP contribution in [0, 0.1) is 5.41 Å². The summed E-state index contributed by atoms with van der Waals surface area (Å²) in [6.07, 6.45) is 0.297. The highest BCUT2D eigenvalue weighted by Gasteiger charge is 2.35. The molecule has 1 unspecified atom stereocenters. The van der Waals surface area contributed by atoms with Gasteiger partial charge in [0.2, 0.25) is 5.91 Å². The number of amides is 2. The number of carbonyl (C=O) groups is 3. The maximum atomic E-state index is 12.4. The van der Waals surface area contributed by atoms with Crippen molar-refractivity contribution < 1.29 is 24.2 Å². The smallest absolute Gasteiger partial charge is 0.407 e. The molecule has 2 aromatic carbocycles. The Kier molecular flexibility index (Phi) is 7.74. The first kappa shape index (κ1) is 24.3. The van der Waals surface area contributed by atoms with Crippen LogP contribution in [-0.2, 0) is 14.3 Å². The molecule has 1 aliphatic carbocycles. The van der Waals surface area contributed by atoms with Crippen molar-refractivity contribution in [3.63, 3.8) is 0 Å². The van der Waals surface area contributed by atoms with Crippen LogP contribution in [0.1, 0.15) is 57.1 Å². The molecular weight excluding hydrogens is 420 g/mol. The van der Waals surface area contributed by atoms with Gasteiger partial charge in [0.1, 0.15) is 6.61 Å². The van der Waals surface area contributed by atoms with Crippen LogP contribution in [0.2, 0.25) is 0 Å². The summed E-state index contributed by atoms with van der Waals surface area (Å²) in [5.74, 6) is -1.26. The molecule has 0 aromatic heterocycles. The van der Waals surface area contributed by atoms with Crippen molar-refractivity contribution in [2.24, 2.45) is 5.41 Å². The summed E-state index contributed by atoms with van der Waals surface area (Å²) in [6, 6.07) is 15.8. The normalized spacial score (nSPS) is 13.5. The average molecular weight is 453 g/mol. The van der Waals surface area contributed by atoms with E-state index in [1.807, 2.05) is 24.3 Å². The van der Waals surface area contributed by atoms with Crippen LogP contribution in [0.25, 0.3) is 11.1 Å². The Morgan fingerprint density at radius 1 is 1.00 bits per heavy atom. The molecule has 3 N–H and O–H groups in total. The highest BCUT2D eigenvalue weighted by Crippen LogP contribution is 2.44. The molecule has 0 bridgehead atoms. The number of hydrogen-bond donors (Lipinski definition) is 3. The highest BCUT2D eigenvalue weighted by atomic mass is 16.5. The number of carboxylic acids is 1. The van der Waals surface area contributed by atoms with Gasteiger partial charge in [-0.15, -0.1) is 0 Å². The van der Waals surface area contributed by atoms with Gasteiger partial charge in [-0.1, -0.05) is 62.4 Å². The van der Waals surface area contributed by atoms with Gasteiger partial charge in [0, 0.05) is 24.9 Å². The van der Waals surface area contributed by atoms with Gasteiger partial charge in [0.15, 0.2) is 0 Å². The Labute approximate surface area is 194 Å². The van der Waals surface area contributed by atoms with E-state index >= 15 is 0 Å². The van der Waals surface area contributed by atoms with Gasteiger partial charge in [-0.3, -0.25) is 9.59 Å². The first-order valence-electron chi connectivity index (χ1n) is 11.4. The highest BCUT2D eigenvalue weighted by molar-refractivity contribution is 5.80. The molecule has 1 aliphatic rings. The summed E-state index contributed by atoms with van der Waals surface area (Å²) in [5, 5.41) is 14.9. The first-order valence-corrected chi connectivity index (χ1v) is 11.4. The molecule has 33 heavy (non-hydrogen) atoms. The van der Waals surface area contributed by atoms with Crippen molar-refractivity contribution in [1.29, 1.82) is 0 Å². The van der Waals surface area contributed by atoms with Gasteiger partial charge in [-0.25, -0.2) is 4.79 Å². The molecule has 0 aliphatic heterocycles. The lowest BCUT2D eigenvalue weighted by Crippen LogP contribution is -2.44. The zero-order valence-electron chi connectivity index (χ0n) is 19.4. The molecule has 7 heteroatoms. The average Bonchev–Trinajstić information content (AvgIpc) is 3.12. The number of ether oxygens (including phenoxy) is 1. The van der Waals surface area contributed by atoms with E-state index < -0.39 is 23.5 Å². The number of carboxylic acid groups (broad SMARTS) is 1. The molecule has 0 saturated heterocycles. The van der Waals surface area contributed by atoms with Crippen LogP contribution < -0.4 is 10.6 Å². The van der Waals surface area contributed by atoms with E-state index in [0.29, 0.717) is 12.8 Å². The molecular formula is C26H32N2O5. The van der Waals surface area contributed by atoms with E-state index in [9.17, 15) is 19.5 Å². The van der Waals surface area contributed by atoms with Gasteiger partial charge in [0.25, 0.3) is 0 Å². The molecule has 0 spiro atoms. The van der Waals surface area contributed by atoms with Crippen molar-refractivity contribution in [2.75, 3.05) is 13.2 Å². The van der Waals surface area contributed by atoms with Crippen LogP contribution in [0.15, 0.2) is 48.5 Å². The predicted molar refractivity (Wildman–Crippen MR) is 126 cm³/mol. The molecule has 3 rings (SSSR count). The van der Waals surface area contributed by atoms with Gasteiger partial charge >= 0.3 is 12.1 Å². The second-order valence-corrected chi connectivity index (χ2v) is 8.64. The van der Waals surface area contributed by atoms with Gasteiger partial charge in [0.05, 0.1) is 5.41 Å². The Hall–Kier alpha value is -3.35. The predicted octanol–water partition coefficient (Wildman–Crippen LogP) is 4.31. The van der Waals surface area contributed by atoms with Crippen molar-refractivity contribution >= 4 is 18.0 Å². The Morgan fingerprint density at radius 3 is 2.06 bits per heavy atom. The number of benzene rings is 2. The fraction of sp³-hybridized carbons (Fsp3) is 0.423. The summed E-state index contributed by atoms with van der Waals surface area (Å²) in [4.78, 5) is 36.2. The SMILES string of the molecule is CCC(CC)(CNC(=O)CC(C)NC(=O)OCC1c2ccccc2-c2ccccc21)C(=O)O. The van der Waals surface area contributed by atoms with E-state index in [0.717, 1.165) is 22.3 Å². The number of rotatable bonds is 10. The van der Waals surface area contributed by atoms with Crippen LogP contribution in [0.5, 0.6) is 0 Å². The second kappa shape index (κ2) is 10.5. The number of hydrogen-bond acceptors (Lipinski definition) is 4. The fourth-order valence-corrected chi connectivity index (χ4v) is 4.39. The second-order valence-electron chi connectivity index (χ2n) is 8.64. The lowest BCUT2D eigenvalue weighted by Gasteiger charge is -2.27. The van der Waals surface area contributed by atoms with Gasteiger partial charge in [-0.05, 0) is 42.0 Å². The van der Waals surface area contributed by atoms with Crippen LogP contribution >= 0.6 is 0 Å². The number of fused-ring (bicyclic) bond motifs is 3. The topological polar surface area (TPSA) is 105 Å². The molecule has 176 valence electrons. The van der Waals surface area contributed by atoms with Crippen molar-refractivity contribution in [1.82, 2.24) is 10.6 Å². The molecule has 0 radical (unpaired) electrons. The maximum Gasteiger partial charge on any atom is 0.407 e. The molecule has 2 amide bonds. The lowest BCUT2D eigenvalue weighted by molar-refractivity contribution is -0.149. The number of nitrogens with one attached hydrogen (secondary N) is 2. The summed E-state index contributed by atoms with van der Waals surface area (Å²) < 4.78 is 5.51. The van der Waals surface area contributed by atoms with Crippen molar-refractivity contribution in [2.45, 2.75) is 52.0 Å². The summed E-state index contributed by atoms with van der Waals surface area (Å²) in [7, 11) is 0. The molecule has 0 saturated carbocycles. The van der Waals surface area contributed by atoms with E-state index in [4.69, 9.17) is 4.74 Å². The number of aliphatic carboxylic acids is 1. The monoisotopic (exact) mass is 452 g/mol. The largest absolute Gasteiger partial charge is 0.481 e. The molecule has 2 aromatic rings. The molecule has 7 nitrogen and oxygen atoms in total. The van der Waals surface area contributed by atoms with Gasteiger partial charge < -0.3 is 20.5 Å². The summed E-state index contributed by atoms with van der Waals surface area (Å²) in [6.45, 7) is 5.57. The quantitative estimate of drug-likeness (QED) is 0.498. The number of carbonyl (C=O) groups excluding carboxylic acids is 2. The van der Waals surface area contributed by atoms with Crippen LogP contribution in [0.4, 0.5) is 4.79 Å². The first-order chi connectivity index (χ1) is 15.8. The lowest BCUT2D eigenvalue weighted by atomic mass is 9.82. The minimum atomic E-state index is -0.973. The van der Waals surface area contributed by atoms with Gasteiger partial charge in [-0.2, -0.15) is 0 Å². The Bertz CT molecular complexity index is 970. The fourth-order valence-electron chi connectivity index (χ4n) is 4.39. The zero-order chi connectivity index (χ0) is 24.0. The number of alkyl carbamates (subject to hydrolysis) is 1. The zero-order valence-corrected chi connectivity index (χ0v) is 19.4. The summed E-state index contributed by atoms with van der Waals surface area (Å²) in [5.41, 5.74) is 3.60. The van der Waals surface area contributed by atoms with E-state index in [1.54, 1.807) is 20.8 Å². The van der Waals surface area contributed by atoms with Crippen LogP contribution in [0.3, 0.4) is 0 Å². The summed E-state index contributed by atoms with van der Waals surface area (Å²) >= 11 is 0. The Balaban J connectivity index is 1.50. The standard InChI is InChI=1S/C26H32N2O5/c1-4-26(5-2,24(30)31)16-27-23(29)14-17(3)28-25(32)33-15-22-20-12-8-6-10-18(20)19-11-7-9-13-21(19)22/h6-13,17,22H,4-5,14-16H2,1-3H3,(H,27,29)(H,28,32)(H,30,31). The Morgan fingerprint density at radius 2 is 1.55 bits per heavy atom. The third kappa shape index (κ3) is 5.35. The van der Waals surface area contributed by atoms with Crippen molar-refractivity contribution in [3.8, 4) is 11.1 Å². The molecule has 0 fully saturated rings. The maximum absolute atomic E-state index is 12.4.